The number of aliphatic hydroxyl groups excluding tert-OH is 2. The van der Waals surface area contributed by atoms with E-state index in [2.05, 4.69) is 9.98 Å². The number of aliphatic imine (C=N–C) groups is 1. The molecule has 2 N–H and O–H groups in total. The van der Waals surface area contributed by atoms with Crippen LogP contribution in [0.4, 0.5) is 0 Å². The number of hydrogen-bond donors (Lipinski definition) is 2. The van der Waals surface area contributed by atoms with Crippen LogP contribution in [0.5, 0.6) is 0 Å². The number of nitrogens with zero attached hydrogens (tertiary/aromatic N) is 2. The zero-order chi connectivity index (χ0) is 29.0. The number of epoxide rings is 1. The van der Waals surface area contributed by atoms with E-state index in [1.165, 1.54) is 17.5 Å². The summed E-state index contributed by atoms with van der Waals surface area (Å²) in [6.45, 7) is 11.1. The SMILES string of the molecule is C/C(=C\c1csc(CN=CB=O)n1)C1CC2O[C@]2(C)CCC[C@H](C)C(O)[C@@H](C)C(=O)C(C)(C)C(O)CC(=O)O1. The molecule has 3 heterocycles. The maximum absolute atomic E-state index is 13.3. The molecule has 0 saturated carbocycles. The number of fused-ring (bicyclic) bond motifs is 1. The summed E-state index contributed by atoms with van der Waals surface area (Å²) in [6, 6.07) is 0. The molecule has 0 aliphatic carbocycles. The Balaban J connectivity index is 1.83. The van der Waals surface area contributed by atoms with Gasteiger partial charge in [-0.1, -0.05) is 34.1 Å². The van der Waals surface area contributed by atoms with Crippen molar-refractivity contribution in [2.24, 2.45) is 22.2 Å². The molecule has 39 heavy (non-hydrogen) atoms. The van der Waals surface area contributed by atoms with E-state index in [0.717, 1.165) is 29.8 Å². The number of thiazole rings is 1. The molecule has 1 aromatic rings. The van der Waals surface area contributed by atoms with Gasteiger partial charge in [0.05, 0.1) is 17.6 Å². The van der Waals surface area contributed by atoms with Gasteiger partial charge in [0.15, 0.2) is 0 Å². The van der Waals surface area contributed by atoms with Crippen LogP contribution in [-0.2, 0) is 30.3 Å². The molecule has 2 aliphatic rings. The van der Waals surface area contributed by atoms with Gasteiger partial charge in [-0.25, -0.2) is 0 Å². The summed E-state index contributed by atoms with van der Waals surface area (Å²) in [5.41, 5.74) is -0.103. The van der Waals surface area contributed by atoms with Crippen molar-refractivity contribution in [1.29, 1.82) is 0 Å². The van der Waals surface area contributed by atoms with Gasteiger partial charge in [-0.3, -0.25) is 4.79 Å². The predicted molar refractivity (Wildman–Crippen MR) is 150 cm³/mol. The average molecular weight is 561 g/mol. The molecule has 3 rings (SSSR count). The van der Waals surface area contributed by atoms with E-state index in [4.69, 9.17) is 9.47 Å². The fraction of sp³-hybridized carbons (Fsp3) is 0.714. The number of aromatic nitrogens is 1. The van der Waals surface area contributed by atoms with Gasteiger partial charge in [0.25, 0.3) is 0 Å². The molecule has 0 amide bonds. The minimum absolute atomic E-state index is 0.0966. The molecule has 7 atom stereocenters. The van der Waals surface area contributed by atoms with Crippen LogP contribution in [0.3, 0.4) is 0 Å². The number of rotatable bonds is 5. The Labute approximate surface area is 235 Å². The van der Waals surface area contributed by atoms with Crippen LogP contribution < -0.4 is 0 Å². The number of carbonyl (C=O) groups excluding carboxylic acids is 2. The normalized spacial score (nSPS) is 34.8. The fourth-order valence-electron chi connectivity index (χ4n) is 5.26. The Morgan fingerprint density at radius 3 is 2.69 bits per heavy atom. The molecule has 2 aliphatic heterocycles. The Morgan fingerprint density at radius 1 is 1.28 bits per heavy atom. The topological polar surface area (TPSA) is 139 Å². The van der Waals surface area contributed by atoms with Gasteiger partial charge in [0.1, 0.15) is 5.78 Å². The first-order valence-corrected chi connectivity index (χ1v) is 14.5. The second kappa shape index (κ2) is 13.1. The molecule has 214 valence electrons. The van der Waals surface area contributed by atoms with Crippen molar-refractivity contribution >= 4 is 42.4 Å². The molecule has 0 bridgehead atoms. The molecule has 0 spiro atoms. The van der Waals surface area contributed by atoms with Gasteiger partial charge in [0.2, 0.25) is 0 Å². The molecule has 1 aromatic heterocycles. The van der Waals surface area contributed by atoms with Gasteiger partial charge in [0, 0.05) is 5.92 Å². The quantitative estimate of drug-likeness (QED) is 0.240. The molecule has 0 radical (unpaired) electrons. The number of hydrogen-bond acceptors (Lipinski definition) is 10. The summed E-state index contributed by atoms with van der Waals surface area (Å²) in [6.07, 6.45) is 2.72. The van der Waals surface area contributed by atoms with E-state index < -0.39 is 35.6 Å². The van der Waals surface area contributed by atoms with Crippen molar-refractivity contribution in [2.75, 3.05) is 0 Å². The third kappa shape index (κ3) is 7.99. The third-order valence-electron chi connectivity index (χ3n) is 8.25. The first kappa shape index (κ1) is 31.5. The van der Waals surface area contributed by atoms with E-state index in [1.54, 1.807) is 20.8 Å². The minimum atomic E-state index is -1.27. The number of cyclic esters (lactones) is 1. The summed E-state index contributed by atoms with van der Waals surface area (Å²) in [4.78, 5) is 34.8. The van der Waals surface area contributed by atoms with E-state index in [1.807, 2.05) is 32.2 Å². The van der Waals surface area contributed by atoms with Crippen LogP contribution in [0.1, 0.15) is 84.3 Å². The van der Waals surface area contributed by atoms with Crippen LogP contribution >= 0.6 is 11.3 Å². The van der Waals surface area contributed by atoms with Crippen LogP contribution in [0.15, 0.2) is 15.9 Å². The number of ether oxygens (including phenoxy) is 2. The van der Waals surface area contributed by atoms with E-state index in [-0.39, 0.29) is 29.8 Å². The van der Waals surface area contributed by atoms with Gasteiger partial charge in [-0.15, -0.1) is 0 Å². The second-order valence-electron chi connectivity index (χ2n) is 11.8. The zero-order valence-electron chi connectivity index (χ0n) is 23.8. The van der Waals surface area contributed by atoms with Crippen molar-refractivity contribution in [3.63, 3.8) is 0 Å². The Kier molecular flexibility index (Phi) is 10.5. The van der Waals surface area contributed by atoms with Crippen molar-refractivity contribution in [3.8, 4) is 0 Å². The second-order valence-corrected chi connectivity index (χ2v) is 12.7. The zero-order valence-corrected chi connectivity index (χ0v) is 24.6. The van der Waals surface area contributed by atoms with Crippen LogP contribution in [-0.4, -0.2) is 70.2 Å². The summed E-state index contributed by atoms with van der Waals surface area (Å²) < 4.78 is 22.4. The number of ketones is 1. The molecule has 9 nitrogen and oxygen atoms in total. The summed E-state index contributed by atoms with van der Waals surface area (Å²) in [5.74, 6) is -1.67. The average Bonchev–Trinajstić information content (AvgIpc) is 3.28. The predicted octanol–water partition coefficient (Wildman–Crippen LogP) is 3.75. The molecule has 0 aromatic carbocycles. The summed E-state index contributed by atoms with van der Waals surface area (Å²) >= 11 is 1.42. The maximum atomic E-state index is 13.3. The van der Waals surface area contributed by atoms with E-state index in [0.29, 0.717) is 25.8 Å². The van der Waals surface area contributed by atoms with Crippen LogP contribution in [0.2, 0.25) is 0 Å². The molecule has 4 unspecified atom stereocenters. The van der Waals surface area contributed by atoms with Gasteiger partial charge >= 0.3 is 131 Å². The van der Waals surface area contributed by atoms with Gasteiger partial charge in [-0.05, 0) is 25.7 Å². The van der Waals surface area contributed by atoms with Crippen LogP contribution in [0, 0.1) is 17.3 Å². The van der Waals surface area contributed by atoms with E-state index >= 15 is 0 Å². The first-order chi connectivity index (χ1) is 18.3. The summed E-state index contributed by atoms with van der Waals surface area (Å²) in [5, 5.41) is 24.4. The van der Waals surface area contributed by atoms with Gasteiger partial charge in [-0.2, -0.15) is 0 Å². The third-order valence-corrected chi connectivity index (χ3v) is 9.10. The fourth-order valence-corrected chi connectivity index (χ4v) is 5.94. The first-order valence-electron chi connectivity index (χ1n) is 13.6. The monoisotopic (exact) mass is 560 g/mol. The van der Waals surface area contributed by atoms with Crippen molar-refractivity contribution < 1.29 is 34.0 Å². The number of Topliss-reactive ketones (excluding diaryl/α,β-unsaturated/α-hetero) is 1. The Morgan fingerprint density at radius 2 is 2.00 bits per heavy atom. The van der Waals surface area contributed by atoms with E-state index in [9.17, 15) is 24.5 Å². The molecular weight excluding hydrogens is 519 g/mol. The molecule has 2 saturated heterocycles. The van der Waals surface area contributed by atoms with Crippen molar-refractivity contribution in [1.82, 2.24) is 4.98 Å². The molecule has 11 heteroatoms. The van der Waals surface area contributed by atoms with Crippen molar-refractivity contribution in [3.05, 3.63) is 21.7 Å². The number of carbonyl (C=O) groups is 2. The molecular formula is C28H41BN2O7S. The van der Waals surface area contributed by atoms with Crippen molar-refractivity contribution in [2.45, 2.75) is 110 Å². The van der Waals surface area contributed by atoms with Crippen LogP contribution in [0.25, 0.3) is 6.08 Å². The number of esters is 1. The Hall–Kier alpha value is -2.08. The van der Waals surface area contributed by atoms with Gasteiger partial charge < -0.3 is 10.2 Å². The standard InChI is InChI=1S/C28H41BN2O7S/c1-16-8-7-9-28(6)22(38-28)11-20(17(2)10-19-14-39-23(31-19)13-30-15-29-36)37-24(33)12-21(32)27(4,5)26(35)18(3)25(16)34/h10,14-16,18,20-22,25,32,34H,7-9,11-13H2,1-6H3/b17-10+,30-15?/t16-,18+,20?,21?,22?,25?,28+/m0/s1. The molecule has 2 fully saturated rings. The summed E-state index contributed by atoms with van der Waals surface area (Å²) in [7, 11) is 0.621. The Bertz CT molecular complexity index is 1100. The number of aliphatic hydroxyl groups is 2.